The summed E-state index contributed by atoms with van der Waals surface area (Å²) in [5.74, 6) is 0.366. The van der Waals surface area contributed by atoms with Crippen molar-refractivity contribution in [2.24, 2.45) is 0 Å². The first-order valence-electron chi connectivity index (χ1n) is 6.01. The van der Waals surface area contributed by atoms with E-state index in [1.807, 2.05) is 20.8 Å². The maximum absolute atomic E-state index is 11.7. The minimum Gasteiger partial charge on any atom is -0.528 e. The second kappa shape index (κ2) is 9.39. The van der Waals surface area contributed by atoms with Crippen molar-refractivity contribution in [1.82, 2.24) is 15.0 Å². The second-order valence-electron chi connectivity index (χ2n) is 3.30. The van der Waals surface area contributed by atoms with Crippen LogP contribution in [0.2, 0.25) is 0 Å². The van der Waals surface area contributed by atoms with Gasteiger partial charge in [-0.3, -0.25) is 4.98 Å². The van der Waals surface area contributed by atoms with Crippen molar-refractivity contribution in [1.29, 1.82) is 0 Å². The first-order valence-corrected chi connectivity index (χ1v) is 6.01. The number of aromatic nitrogens is 3. The van der Waals surface area contributed by atoms with Gasteiger partial charge < -0.3 is 20.2 Å². The number of nitrogens with zero attached hydrogens (tertiary/aromatic N) is 2. The van der Waals surface area contributed by atoms with Crippen LogP contribution >= 0.6 is 0 Å². The SMILES string of the molecule is C=C(OCC)c1[c-]c2cnc(N)nc2[nH]c1=O.CC.[Rb+]. The van der Waals surface area contributed by atoms with Crippen molar-refractivity contribution in [3.8, 4) is 0 Å². The molecule has 2 aromatic heterocycles. The van der Waals surface area contributed by atoms with Crippen LogP contribution in [0.1, 0.15) is 26.3 Å². The maximum Gasteiger partial charge on any atom is 1.00 e. The number of nitrogens with one attached hydrogen (secondary N) is 1. The molecule has 0 aliphatic heterocycles. The Morgan fingerprint density at radius 1 is 1.55 bits per heavy atom. The summed E-state index contributed by atoms with van der Waals surface area (Å²) in [5, 5.41) is 0.551. The Morgan fingerprint density at radius 2 is 2.20 bits per heavy atom. The van der Waals surface area contributed by atoms with Gasteiger partial charge >= 0.3 is 58.2 Å². The number of nitrogen functional groups attached to an aromatic ring is 1. The zero-order valence-corrected chi connectivity index (χ0v) is 17.2. The topological polar surface area (TPSA) is 93.9 Å². The van der Waals surface area contributed by atoms with E-state index in [0.717, 1.165) is 0 Å². The Kier molecular flexibility index (Phi) is 9.12. The van der Waals surface area contributed by atoms with Crippen LogP contribution in [0.4, 0.5) is 5.95 Å². The summed E-state index contributed by atoms with van der Waals surface area (Å²) >= 11 is 0. The van der Waals surface area contributed by atoms with Gasteiger partial charge in [0.2, 0.25) is 5.95 Å². The quantitative estimate of drug-likeness (QED) is 0.534. The predicted molar refractivity (Wildman–Crippen MR) is 75.4 cm³/mol. The zero-order chi connectivity index (χ0) is 14.4. The largest absolute Gasteiger partial charge is 1.00 e. The molecular formula is C13H17N4O2Rb. The standard InChI is InChI=1S/C11H11N4O2.C2H6.Rb/c1-3-17-6(2)8-4-7-5-13-11(12)15-9(7)14-10(8)16;1-2;/h5H,2-3H2,1H3,(H3,12,13,14,15,16);1-2H3;/q-1;;+1. The fourth-order valence-corrected chi connectivity index (χ4v) is 1.39. The van der Waals surface area contributed by atoms with Gasteiger partial charge in [0.1, 0.15) is 0 Å². The van der Waals surface area contributed by atoms with Gasteiger partial charge in [-0.1, -0.05) is 25.8 Å². The van der Waals surface area contributed by atoms with Gasteiger partial charge in [0, 0.05) is 0 Å². The van der Waals surface area contributed by atoms with Gasteiger partial charge in [-0.25, -0.2) is 4.98 Å². The molecule has 0 spiro atoms. The van der Waals surface area contributed by atoms with Crippen molar-refractivity contribution in [2.45, 2.75) is 20.8 Å². The molecule has 2 rings (SSSR count). The van der Waals surface area contributed by atoms with Gasteiger partial charge in [0.25, 0.3) is 0 Å². The number of pyridine rings is 1. The minimum atomic E-state index is -0.367. The van der Waals surface area contributed by atoms with E-state index in [1.165, 1.54) is 6.20 Å². The summed E-state index contributed by atoms with van der Waals surface area (Å²) in [5.41, 5.74) is 5.64. The Balaban J connectivity index is 0.00000115. The number of aromatic amines is 1. The number of anilines is 1. The number of fused-ring (bicyclic) bond motifs is 1. The molecule has 2 heterocycles. The molecule has 0 saturated heterocycles. The Bertz CT molecular complexity index is 640. The Morgan fingerprint density at radius 3 is 2.80 bits per heavy atom. The molecule has 0 aromatic carbocycles. The summed E-state index contributed by atoms with van der Waals surface area (Å²) in [6.07, 6.45) is 1.48. The average Bonchev–Trinajstić information content (AvgIpc) is 2.40. The molecule has 0 amide bonds. The Labute approximate surface area is 166 Å². The molecular weight excluding hydrogens is 330 g/mol. The molecule has 0 aliphatic rings. The molecule has 0 unspecified atom stereocenters. The number of hydrogen-bond donors (Lipinski definition) is 2. The molecule has 2 aromatic rings. The number of ether oxygens (including phenoxy) is 1. The van der Waals surface area contributed by atoms with E-state index < -0.39 is 0 Å². The molecule has 0 aliphatic carbocycles. The van der Waals surface area contributed by atoms with Crippen LogP contribution < -0.4 is 69.5 Å². The molecule has 6 nitrogen and oxygen atoms in total. The third kappa shape index (κ3) is 4.77. The van der Waals surface area contributed by atoms with Gasteiger partial charge in [0.05, 0.1) is 18.0 Å². The fourth-order valence-electron chi connectivity index (χ4n) is 1.39. The molecule has 20 heavy (non-hydrogen) atoms. The van der Waals surface area contributed by atoms with E-state index in [2.05, 4.69) is 27.6 Å². The van der Waals surface area contributed by atoms with Gasteiger partial charge in [-0.2, -0.15) is 0 Å². The monoisotopic (exact) mass is 346 g/mol. The second-order valence-corrected chi connectivity index (χ2v) is 3.30. The van der Waals surface area contributed by atoms with Crippen molar-refractivity contribution in [2.75, 3.05) is 12.3 Å². The predicted octanol–water partition coefficient (Wildman–Crippen LogP) is -1.26. The molecule has 0 fully saturated rings. The van der Waals surface area contributed by atoms with Crippen LogP contribution in [-0.2, 0) is 4.74 Å². The third-order valence-corrected chi connectivity index (χ3v) is 2.12. The van der Waals surface area contributed by atoms with Gasteiger partial charge in [-0.05, 0) is 18.7 Å². The molecule has 102 valence electrons. The summed E-state index contributed by atoms with van der Waals surface area (Å²) in [6, 6.07) is 2.86. The van der Waals surface area contributed by atoms with Crippen LogP contribution in [0, 0.1) is 6.07 Å². The maximum atomic E-state index is 11.7. The van der Waals surface area contributed by atoms with E-state index in [-0.39, 0.29) is 81.0 Å². The van der Waals surface area contributed by atoms with E-state index in [1.54, 1.807) is 0 Å². The van der Waals surface area contributed by atoms with E-state index >= 15 is 0 Å². The summed E-state index contributed by atoms with van der Waals surface area (Å²) in [4.78, 5) is 22.0. The molecule has 7 heteroatoms. The summed E-state index contributed by atoms with van der Waals surface area (Å²) in [6.45, 7) is 9.90. The third-order valence-electron chi connectivity index (χ3n) is 2.12. The van der Waals surface area contributed by atoms with Crippen molar-refractivity contribution < 1.29 is 62.9 Å². The van der Waals surface area contributed by atoms with Crippen LogP contribution in [0.3, 0.4) is 0 Å². The molecule has 3 N–H and O–H groups in total. The summed E-state index contributed by atoms with van der Waals surface area (Å²) in [7, 11) is 0. The van der Waals surface area contributed by atoms with Crippen molar-refractivity contribution >= 4 is 22.7 Å². The molecule has 0 bridgehead atoms. The van der Waals surface area contributed by atoms with Crippen molar-refractivity contribution in [3.05, 3.63) is 34.8 Å². The van der Waals surface area contributed by atoms with Crippen LogP contribution in [0.5, 0.6) is 0 Å². The van der Waals surface area contributed by atoms with Gasteiger partial charge in [-0.15, -0.1) is 6.07 Å². The molecule has 0 radical (unpaired) electrons. The Hall–Kier alpha value is -0.565. The molecule has 0 atom stereocenters. The summed E-state index contributed by atoms with van der Waals surface area (Å²) < 4.78 is 5.17. The smallest absolute Gasteiger partial charge is 0.528 e. The van der Waals surface area contributed by atoms with Crippen LogP contribution in [0.15, 0.2) is 17.6 Å². The number of H-pyrrole nitrogens is 1. The fraction of sp³-hybridized carbons (Fsp3) is 0.308. The normalized spacial score (nSPS) is 9.15. The number of rotatable bonds is 3. The molecule has 0 saturated carbocycles. The first-order chi connectivity index (χ1) is 9.11. The van der Waals surface area contributed by atoms with E-state index in [4.69, 9.17) is 10.5 Å². The number of hydrogen-bond acceptors (Lipinski definition) is 5. The van der Waals surface area contributed by atoms with E-state index in [9.17, 15) is 4.79 Å². The minimum absolute atomic E-state index is 0. The van der Waals surface area contributed by atoms with E-state index in [0.29, 0.717) is 17.6 Å². The van der Waals surface area contributed by atoms with Crippen molar-refractivity contribution in [3.63, 3.8) is 0 Å². The number of nitrogens with two attached hydrogens (primary N) is 1. The van der Waals surface area contributed by atoms with Crippen LogP contribution in [-0.4, -0.2) is 21.6 Å². The average molecular weight is 347 g/mol. The first kappa shape index (κ1) is 19.4. The van der Waals surface area contributed by atoms with Crippen LogP contribution in [0.25, 0.3) is 16.8 Å². The van der Waals surface area contributed by atoms with Gasteiger partial charge in [0.15, 0.2) is 5.56 Å². The zero-order valence-electron chi connectivity index (χ0n) is 12.3.